The van der Waals surface area contributed by atoms with Crippen molar-refractivity contribution in [1.82, 2.24) is 0 Å². The number of carbonyl (C=O) groups is 1. The van der Waals surface area contributed by atoms with Gasteiger partial charge in [-0.2, -0.15) is 5.26 Å². The minimum absolute atomic E-state index is 0.270. The highest BCUT2D eigenvalue weighted by Crippen LogP contribution is 2.33. The number of anilines is 1. The number of ether oxygens (including phenoxy) is 2. The maximum absolute atomic E-state index is 11.3. The van der Waals surface area contributed by atoms with Crippen LogP contribution in [0.3, 0.4) is 0 Å². The second-order valence-electron chi connectivity index (χ2n) is 4.83. The van der Waals surface area contributed by atoms with Crippen LogP contribution in [0.1, 0.15) is 18.5 Å². The molecule has 0 heterocycles. The average molecular weight is 365 g/mol. The summed E-state index contributed by atoms with van der Waals surface area (Å²) in [6, 6.07) is 11.1. The molecule has 2 aromatic carbocycles. The van der Waals surface area contributed by atoms with E-state index in [0.717, 1.165) is 0 Å². The molecule has 0 aromatic heterocycles. The summed E-state index contributed by atoms with van der Waals surface area (Å²) in [7, 11) is 1.50. The minimum atomic E-state index is -0.788. The average Bonchev–Trinajstić information content (AvgIpc) is 2.55. The molecule has 0 saturated heterocycles. The first-order valence-electron chi connectivity index (χ1n) is 6.92. The normalized spacial score (nSPS) is 11.3. The molecule has 5 nitrogen and oxygen atoms in total. The van der Waals surface area contributed by atoms with Crippen LogP contribution >= 0.6 is 23.2 Å². The van der Waals surface area contributed by atoms with E-state index < -0.39 is 12.0 Å². The van der Waals surface area contributed by atoms with Gasteiger partial charge in [0.15, 0.2) is 0 Å². The number of nitrogens with one attached hydrogen (secondary N) is 1. The Morgan fingerprint density at radius 3 is 2.58 bits per heavy atom. The second-order valence-corrected chi connectivity index (χ2v) is 5.68. The lowest BCUT2D eigenvalue weighted by atomic mass is 10.1. The van der Waals surface area contributed by atoms with Crippen LogP contribution in [0, 0.1) is 11.3 Å². The van der Waals surface area contributed by atoms with Crippen molar-refractivity contribution in [3.63, 3.8) is 0 Å². The molecule has 1 unspecified atom stereocenters. The van der Waals surface area contributed by atoms with Gasteiger partial charge in [-0.25, -0.2) is 0 Å². The Kier molecular flexibility index (Phi) is 5.91. The maximum atomic E-state index is 11.3. The molecular weight excluding hydrogens is 351 g/mol. The highest BCUT2D eigenvalue weighted by Gasteiger charge is 2.18. The number of nitrogens with zero attached hydrogens (tertiary/aromatic N) is 1. The van der Waals surface area contributed by atoms with Crippen molar-refractivity contribution in [2.24, 2.45) is 0 Å². The fourth-order valence-corrected chi connectivity index (χ4v) is 2.46. The monoisotopic (exact) mass is 364 g/mol. The third kappa shape index (κ3) is 4.31. The molecule has 7 heteroatoms. The van der Waals surface area contributed by atoms with Crippen molar-refractivity contribution >= 4 is 34.9 Å². The van der Waals surface area contributed by atoms with E-state index in [-0.39, 0.29) is 5.75 Å². The van der Waals surface area contributed by atoms with Gasteiger partial charge in [0.25, 0.3) is 0 Å². The largest absolute Gasteiger partial charge is 0.495 e. The summed E-state index contributed by atoms with van der Waals surface area (Å²) < 4.78 is 10.3. The van der Waals surface area contributed by atoms with Crippen LogP contribution in [0.25, 0.3) is 0 Å². The van der Waals surface area contributed by atoms with Crippen LogP contribution < -0.4 is 14.8 Å². The number of carbonyl (C=O) groups excluding carboxylic acids is 1. The topological polar surface area (TPSA) is 71.3 Å². The molecule has 0 fully saturated rings. The number of hydrogen-bond donors (Lipinski definition) is 1. The first-order chi connectivity index (χ1) is 11.4. The first kappa shape index (κ1) is 17.9. The van der Waals surface area contributed by atoms with Crippen LogP contribution in [-0.2, 0) is 4.79 Å². The predicted molar refractivity (Wildman–Crippen MR) is 92.7 cm³/mol. The first-order valence-corrected chi connectivity index (χ1v) is 7.67. The molecule has 124 valence electrons. The van der Waals surface area contributed by atoms with Gasteiger partial charge >= 0.3 is 5.97 Å². The van der Waals surface area contributed by atoms with E-state index in [0.29, 0.717) is 27.0 Å². The molecule has 0 aliphatic rings. The van der Waals surface area contributed by atoms with Gasteiger partial charge in [-0.05, 0) is 30.3 Å². The van der Waals surface area contributed by atoms with E-state index in [1.54, 1.807) is 36.4 Å². The summed E-state index contributed by atoms with van der Waals surface area (Å²) >= 11 is 12.0. The Bertz CT molecular complexity index is 803. The lowest BCUT2D eigenvalue weighted by Crippen LogP contribution is -2.12. The lowest BCUT2D eigenvalue weighted by molar-refractivity contribution is -0.131. The SMILES string of the molecule is COc1cc(NC(C#N)c2cc(Cl)ccc2OC(C)=O)ccc1Cl. The van der Waals surface area contributed by atoms with Gasteiger partial charge in [0.1, 0.15) is 17.5 Å². The Morgan fingerprint density at radius 1 is 1.21 bits per heavy atom. The van der Waals surface area contributed by atoms with E-state index in [2.05, 4.69) is 11.4 Å². The van der Waals surface area contributed by atoms with Gasteiger partial charge in [-0.15, -0.1) is 0 Å². The summed E-state index contributed by atoms with van der Waals surface area (Å²) in [4.78, 5) is 11.3. The van der Waals surface area contributed by atoms with Crippen molar-refractivity contribution in [2.75, 3.05) is 12.4 Å². The van der Waals surface area contributed by atoms with Crippen molar-refractivity contribution in [2.45, 2.75) is 13.0 Å². The highest BCUT2D eigenvalue weighted by molar-refractivity contribution is 6.32. The van der Waals surface area contributed by atoms with E-state index in [4.69, 9.17) is 32.7 Å². The number of benzene rings is 2. The zero-order chi connectivity index (χ0) is 17.7. The molecule has 1 atom stereocenters. The molecule has 0 amide bonds. The van der Waals surface area contributed by atoms with Gasteiger partial charge in [0.2, 0.25) is 0 Å². The zero-order valence-corrected chi connectivity index (χ0v) is 14.5. The Morgan fingerprint density at radius 2 is 1.96 bits per heavy atom. The van der Waals surface area contributed by atoms with E-state index >= 15 is 0 Å². The van der Waals surface area contributed by atoms with Crippen LogP contribution in [-0.4, -0.2) is 13.1 Å². The molecule has 0 aliphatic carbocycles. The molecule has 0 bridgehead atoms. The summed E-state index contributed by atoms with van der Waals surface area (Å²) in [5.74, 6) is 0.264. The molecule has 2 aromatic rings. The van der Waals surface area contributed by atoms with Crippen LogP contribution in [0.4, 0.5) is 5.69 Å². The zero-order valence-electron chi connectivity index (χ0n) is 13.0. The van der Waals surface area contributed by atoms with Gasteiger partial charge in [0.05, 0.1) is 18.2 Å². The van der Waals surface area contributed by atoms with E-state index in [9.17, 15) is 10.1 Å². The number of esters is 1. The fraction of sp³-hybridized carbons (Fsp3) is 0.176. The standard InChI is InChI=1S/C17H14Cl2N2O3/c1-10(22)24-16-6-3-11(18)7-13(16)15(9-20)21-12-4-5-14(19)17(8-12)23-2/h3-8,15,21H,1-2H3. The molecule has 2 rings (SSSR count). The van der Waals surface area contributed by atoms with Crippen molar-refractivity contribution in [3.8, 4) is 17.6 Å². The third-order valence-electron chi connectivity index (χ3n) is 3.13. The van der Waals surface area contributed by atoms with Crippen molar-refractivity contribution in [3.05, 3.63) is 52.0 Å². The molecular formula is C17H14Cl2N2O3. The number of halogens is 2. The van der Waals surface area contributed by atoms with Gasteiger partial charge in [-0.1, -0.05) is 23.2 Å². The summed E-state index contributed by atoms with van der Waals surface area (Å²) in [6.45, 7) is 1.29. The Balaban J connectivity index is 2.37. The third-order valence-corrected chi connectivity index (χ3v) is 3.68. The molecule has 0 saturated carbocycles. The molecule has 0 spiro atoms. The summed E-state index contributed by atoms with van der Waals surface area (Å²) in [5.41, 5.74) is 1.07. The van der Waals surface area contributed by atoms with Crippen molar-refractivity contribution < 1.29 is 14.3 Å². The number of hydrogen-bond acceptors (Lipinski definition) is 5. The van der Waals surface area contributed by atoms with Crippen molar-refractivity contribution in [1.29, 1.82) is 5.26 Å². The smallest absolute Gasteiger partial charge is 0.308 e. The van der Waals surface area contributed by atoms with E-state index in [1.165, 1.54) is 14.0 Å². The molecule has 0 radical (unpaired) electrons. The number of nitriles is 1. The Hall–Kier alpha value is -2.42. The second kappa shape index (κ2) is 7.91. The predicted octanol–water partition coefficient (Wildman–Crippen LogP) is 4.60. The quantitative estimate of drug-likeness (QED) is 0.619. The Labute approximate surface area is 149 Å². The molecule has 24 heavy (non-hydrogen) atoms. The van der Waals surface area contributed by atoms with E-state index in [1.807, 2.05) is 0 Å². The fourth-order valence-electron chi connectivity index (χ4n) is 2.09. The molecule has 1 N–H and O–H groups in total. The number of methoxy groups -OCH3 is 1. The van der Waals surface area contributed by atoms with Crippen LogP contribution in [0.2, 0.25) is 10.0 Å². The van der Waals surface area contributed by atoms with Crippen LogP contribution in [0.5, 0.6) is 11.5 Å². The van der Waals surface area contributed by atoms with Gasteiger partial charge in [-0.3, -0.25) is 4.79 Å². The minimum Gasteiger partial charge on any atom is -0.495 e. The summed E-state index contributed by atoms with van der Waals surface area (Å²) in [5, 5.41) is 13.4. The van der Waals surface area contributed by atoms with Gasteiger partial charge < -0.3 is 14.8 Å². The van der Waals surface area contributed by atoms with Gasteiger partial charge in [0, 0.05) is 29.3 Å². The maximum Gasteiger partial charge on any atom is 0.308 e. The summed E-state index contributed by atoms with van der Waals surface area (Å²) in [6.07, 6.45) is 0. The highest BCUT2D eigenvalue weighted by atomic mass is 35.5. The molecule has 0 aliphatic heterocycles. The lowest BCUT2D eigenvalue weighted by Gasteiger charge is -2.17. The van der Waals surface area contributed by atoms with Crippen LogP contribution in [0.15, 0.2) is 36.4 Å². The number of rotatable bonds is 5.